The van der Waals surface area contributed by atoms with Crippen LogP contribution in [0.25, 0.3) is 0 Å². The number of fused-ring (bicyclic) bond motifs is 1. The highest BCUT2D eigenvalue weighted by molar-refractivity contribution is 5.99. The van der Waals surface area contributed by atoms with Crippen LogP contribution in [0.1, 0.15) is 18.4 Å². The van der Waals surface area contributed by atoms with Crippen molar-refractivity contribution in [3.63, 3.8) is 0 Å². The first-order valence-corrected chi connectivity index (χ1v) is 5.99. The van der Waals surface area contributed by atoms with Crippen LogP contribution in [0.4, 0.5) is 5.69 Å². The van der Waals surface area contributed by atoms with Crippen LogP contribution in [0.5, 0.6) is 0 Å². The van der Waals surface area contributed by atoms with Gasteiger partial charge in [0.2, 0.25) is 5.91 Å². The molecule has 84 valence electrons. The summed E-state index contributed by atoms with van der Waals surface area (Å²) < 4.78 is 0. The standard InChI is InChI=1S/C13H16N2O/c16-13(11-5-3-8-14-11)15-9-7-10-4-1-2-6-12(10)15/h1-2,4,6,11,14H,3,5,7-9H2/t11-/m0/s1. The molecule has 1 aromatic rings. The zero-order chi connectivity index (χ0) is 11.0. The average molecular weight is 216 g/mol. The highest BCUT2D eigenvalue weighted by Crippen LogP contribution is 2.28. The molecule has 2 heterocycles. The van der Waals surface area contributed by atoms with Crippen molar-refractivity contribution < 1.29 is 4.79 Å². The second-order valence-corrected chi connectivity index (χ2v) is 4.52. The van der Waals surface area contributed by atoms with Gasteiger partial charge < -0.3 is 10.2 Å². The number of hydrogen-bond donors (Lipinski definition) is 1. The number of carbonyl (C=O) groups is 1. The first-order valence-electron chi connectivity index (χ1n) is 5.99. The lowest BCUT2D eigenvalue weighted by Crippen LogP contribution is -2.42. The maximum absolute atomic E-state index is 12.3. The Morgan fingerprint density at radius 1 is 1.38 bits per heavy atom. The molecule has 0 saturated carbocycles. The number of para-hydroxylation sites is 1. The number of hydrogen-bond acceptors (Lipinski definition) is 2. The number of anilines is 1. The van der Waals surface area contributed by atoms with Crippen molar-refractivity contribution in [1.29, 1.82) is 0 Å². The summed E-state index contributed by atoms with van der Waals surface area (Å²) in [5, 5.41) is 3.27. The monoisotopic (exact) mass is 216 g/mol. The van der Waals surface area contributed by atoms with Crippen LogP contribution in [0.15, 0.2) is 24.3 Å². The number of carbonyl (C=O) groups excluding carboxylic acids is 1. The van der Waals surface area contributed by atoms with Gasteiger partial charge >= 0.3 is 0 Å². The Morgan fingerprint density at radius 3 is 3.06 bits per heavy atom. The number of nitrogens with zero attached hydrogens (tertiary/aromatic N) is 1. The Morgan fingerprint density at radius 2 is 2.25 bits per heavy atom. The van der Waals surface area contributed by atoms with Gasteiger partial charge in [0.15, 0.2) is 0 Å². The topological polar surface area (TPSA) is 32.3 Å². The Labute approximate surface area is 95.4 Å². The van der Waals surface area contributed by atoms with Gasteiger partial charge in [-0.1, -0.05) is 18.2 Å². The molecule has 0 bridgehead atoms. The van der Waals surface area contributed by atoms with E-state index >= 15 is 0 Å². The Hall–Kier alpha value is -1.35. The molecule has 3 nitrogen and oxygen atoms in total. The molecule has 1 amide bonds. The van der Waals surface area contributed by atoms with Crippen molar-refractivity contribution in [2.75, 3.05) is 18.0 Å². The van der Waals surface area contributed by atoms with Gasteiger partial charge in [-0.25, -0.2) is 0 Å². The van der Waals surface area contributed by atoms with Crippen molar-refractivity contribution in [3.05, 3.63) is 29.8 Å². The van der Waals surface area contributed by atoms with Crippen LogP contribution >= 0.6 is 0 Å². The van der Waals surface area contributed by atoms with Gasteiger partial charge in [0, 0.05) is 12.2 Å². The minimum Gasteiger partial charge on any atom is -0.310 e. The number of amides is 1. The smallest absolute Gasteiger partial charge is 0.244 e. The molecule has 0 unspecified atom stereocenters. The normalized spacial score (nSPS) is 23.5. The maximum Gasteiger partial charge on any atom is 0.244 e. The summed E-state index contributed by atoms with van der Waals surface area (Å²) in [5.74, 6) is 0.252. The largest absolute Gasteiger partial charge is 0.310 e. The molecule has 0 aliphatic carbocycles. The van der Waals surface area contributed by atoms with E-state index in [0.29, 0.717) is 0 Å². The minimum atomic E-state index is 0.0474. The summed E-state index contributed by atoms with van der Waals surface area (Å²) in [4.78, 5) is 14.2. The zero-order valence-corrected chi connectivity index (χ0v) is 9.28. The van der Waals surface area contributed by atoms with E-state index in [2.05, 4.69) is 17.4 Å². The third kappa shape index (κ3) is 1.52. The first kappa shape index (κ1) is 9.85. The van der Waals surface area contributed by atoms with E-state index in [4.69, 9.17) is 0 Å². The molecule has 1 N–H and O–H groups in total. The molecule has 3 rings (SSSR count). The molecule has 2 aliphatic rings. The highest BCUT2D eigenvalue weighted by atomic mass is 16.2. The molecule has 2 aliphatic heterocycles. The predicted octanol–water partition coefficient (Wildman–Crippen LogP) is 1.33. The molecule has 16 heavy (non-hydrogen) atoms. The molecule has 1 atom stereocenters. The lowest BCUT2D eigenvalue weighted by Gasteiger charge is -2.21. The molecule has 1 aromatic carbocycles. The Balaban J connectivity index is 1.84. The quantitative estimate of drug-likeness (QED) is 0.768. The molecule has 1 fully saturated rings. The Kier molecular flexibility index (Phi) is 2.40. The molecule has 1 saturated heterocycles. The van der Waals surface area contributed by atoms with Gasteiger partial charge in [-0.2, -0.15) is 0 Å². The van der Waals surface area contributed by atoms with Gasteiger partial charge in [0.1, 0.15) is 0 Å². The van der Waals surface area contributed by atoms with E-state index in [-0.39, 0.29) is 11.9 Å². The van der Waals surface area contributed by atoms with Crippen LogP contribution < -0.4 is 10.2 Å². The highest BCUT2D eigenvalue weighted by Gasteiger charge is 2.31. The predicted molar refractivity (Wildman–Crippen MR) is 63.5 cm³/mol. The van der Waals surface area contributed by atoms with Crippen LogP contribution in [-0.2, 0) is 11.2 Å². The molecule has 0 spiro atoms. The summed E-state index contributed by atoms with van der Waals surface area (Å²) in [7, 11) is 0. The molecule has 0 aromatic heterocycles. The van der Waals surface area contributed by atoms with Crippen molar-refractivity contribution in [3.8, 4) is 0 Å². The van der Waals surface area contributed by atoms with Crippen LogP contribution in [0.2, 0.25) is 0 Å². The van der Waals surface area contributed by atoms with Crippen LogP contribution in [0.3, 0.4) is 0 Å². The van der Waals surface area contributed by atoms with E-state index in [1.165, 1.54) is 5.56 Å². The van der Waals surface area contributed by atoms with Crippen LogP contribution in [0, 0.1) is 0 Å². The van der Waals surface area contributed by atoms with Gasteiger partial charge in [-0.15, -0.1) is 0 Å². The van der Waals surface area contributed by atoms with Crippen molar-refractivity contribution in [1.82, 2.24) is 5.32 Å². The molecule has 0 radical (unpaired) electrons. The molecular weight excluding hydrogens is 200 g/mol. The SMILES string of the molecule is O=C([C@@H]1CCCN1)N1CCc2ccccc21. The van der Waals surface area contributed by atoms with Crippen molar-refractivity contribution in [2.45, 2.75) is 25.3 Å². The fourth-order valence-electron chi connectivity index (χ4n) is 2.65. The van der Waals surface area contributed by atoms with E-state index < -0.39 is 0 Å². The van der Waals surface area contributed by atoms with Crippen molar-refractivity contribution >= 4 is 11.6 Å². The average Bonchev–Trinajstić information content (AvgIpc) is 2.98. The summed E-state index contributed by atoms with van der Waals surface area (Å²) in [6.45, 7) is 1.82. The van der Waals surface area contributed by atoms with Crippen LogP contribution in [-0.4, -0.2) is 25.0 Å². The van der Waals surface area contributed by atoms with Gasteiger partial charge in [0.25, 0.3) is 0 Å². The maximum atomic E-state index is 12.3. The summed E-state index contributed by atoms with van der Waals surface area (Å²) in [6.07, 6.45) is 3.10. The fraction of sp³-hybridized carbons (Fsp3) is 0.462. The third-order valence-corrected chi connectivity index (χ3v) is 3.51. The van der Waals surface area contributed by atoms with Gasteiger partial charge in [0.05, 0.1) is 6.04 Å². The van der Waals surface area contributed by atoms with Gasteiger partial charge in [-0.3, -0.25) is 4.79 Å². The minimum absolute atomic E-state index is 0.0474. The van der Waals surface area contributed by atoms with Crippen molar-refractivity contribution in [2.24, 2.45) is 0 Å². The summed E-state index contributed by atoms with van der Waals surface area (Å²) in [6, 6.07) is 8.26. The van der Waals surface area contributed by atoms with E-state index in [0.717, 1.165) is 38.0 Å². The second kappa shape index (κ2) is 3.91. The Bertz CT molecular complexity index is 410. The lowest BCUT2D eigenvalue weighted by molar-refractivity contribution is -0.120. The van der Waals surface area contributed by atoms with E-state index in [1.54, 1.807) is 0 Å². The molecule has 3 heteroatoms. The van der Waals surface area contributed by atoms with Gasteiger partial charge in [-0.05, 0) is 37.4 Å². The molecular formula is C13H16N2O. The summed E-state index contributed by atoms with van der Waals surface area (Å²) >= 11 is 0. The fourth-order valence-corrected chi connectivity index (χ4v) is 2.65. The zero-order valence-electron chi connectivity index (χ0n) is 9.28. The first-order chi connectivity index (χ1) is 7.86. The third-order valence-electron chi connectivity index (χ3n) is 3.51. The summed E-state index contributed by atoms with van der Waals surface area (Å²) in [5.41, 5.74) is 2.41. The number of benzene rings is 1. The second-order valence-electron chi connectivity index (χ2n) is 4.52. The number of nitrogens with one attached hydrogen (secondary N) is 1. The van der Waals surface area contributed by atoms with E-state index in [1.807, 2.05) is 17.0 Å². The number of rotatable bonds is 1. The van der Waals surface area contributed by atoms with E-state index in [9.17, 15) is 4.79 Å². The lowest BCUT2D eigenvalue weighted by atomic mass is 10.1.